The highest BCUT2D eigenvalue weighted by Crippen LogP contribution is 2.33. The number of rotatable bonds is 2. The van der Waals surface area contributed by atoms with E-state index in [9.17, 15) is 0 Å². The summed E-state index contributed by atoms with van der Waals surface area (Å²) in [6.07, 6.45) is 2.56. The fraction of sp³-hybridized carbons (Fsp3) is 1.00. The molecule has 3 unspecified atom stereocenters. The molecule has 2 aliphatic rings. The van der Waals surface area contributed by atoms with Crippen LogP contribution in [0.25, 0.3) is 0 Å². The molecular formula is C12H24N2OS. The Labute approximate surface area is 103 Å². The zero-order valence-electron chi connectivity index (χ0n) is 10.4. The second-order valence-corrected chi connectivity index (χ2v) is 6.74. The SMILES string of the molecule is CC1CC(CN)(N2CCSC(C)C2)CCO1. The third kappa shape index (κ3) is 2.55. The van der Waals surface area contributed by atoms with E-state index < -0.39 is 0 Å². The zero-order valence-corrected chi connectivity index (χ0v) is 11.3. The molecule has 0 bridgehead atoms. The fourth-order valence-corrected chi connectivity index (χ4v) is 4.01. The monoisotopic (exact) mass is 244 g/mol. The van der Waals surface area contributed by atoms with Crippen LogP contribution in [0.2, 0.25) is 0 Å². The molecule has 2 fully saturated rings. The Morgan fingerprint density at radius 1 is 1.50 bits per heavy atom. The molecule has 94 valence electrons. The topological polar surface area (TPSA) is 38.5 Å². The lowest BCUT2D eigenvalue weighted by molar-refractivity contribution is -0.0625. The van der Waals surface area contributed by atoms with Crippen LogP contribution in [0.1, 0.15) is 26.7 Å². The van der Waals surface area contributed by atoms with Crippen LogP contribution < -0.4 is 5.73 Å². The minimum atomic E-state index is 0.215. The lowest BCUT2D eigenvalue weighted by Gasteiger charge is -2.50. The van der Waals surface area contributed by atoms with Gasteiger partial charge in [-0.15, -0.1) is 0 Å². The van der Waals surface area contributed by atoms with Crippen molar-refractivity contribution in [3.05, 3.63) is 0 Å². The molecule has 3 nitrogen and oxygen atoms in total. The first-order valence-corrected chi connectivity index (χ1v) is 7.39. The Morgan fingerprint density at radius 2 is 2.31 bits per heavy atom. The summed E-state index contributed by atoms with van der Waals surface area (Å²) in [7, 11) is 0. The van der Waals surface area contributed by atoms with E-state index in [0.29, 0.717) is 6.10 Å². The molecule has 0 aromatic carbocycles. The van der Waals surface area contributed by atoms with Crippen molar-refractivity contribution in [3.8, 4) is 0 Å². The smallest absolute Gasteiger partial charge is 0.0565 e. The van der Waals surface area contributed by atoms with Crippen molar-refractivity contribution in [1.29, 1.82) is 0 Å². The number of hydrogen-bond donors (Lipinski definition) is 1. The van der Waals surface area contributed by atoms with Crippen LogP contribution in [0.3, 0.4) is 0 Å². The second-order valence-electron chi connectivity index (χ2n) is 5.19. The van der Waals surface area contributed by atoms with Crippen LogP contribution >= 0.6 is 11.8 Å². The van der Waals surface area contributed by atoms with Crippen molar-refractivity contribution in [2.24, 2.45) is 5.73 Å². The van der Waals surface area contributed by atoms with Gasteiger partial charge in [0.05, 0.1) is 6.10 Å². The second kappa shape index (κ2) is 5.25. The summed E-state index contributed by atoms with van der Waals surface area (Å²) in [6, 6.07) is 0. The van der Waals surface area contributed by atoms with E-state index >= 15 is 0 Å². The van der Waals surface area contributed by atoms with Gasteiger partial charge >= 0.3 is 0 Å². The molecule has 2 saturated heterocycles. The molecule has 4 heteroatoms. The maximum absolute atomic E-state index is 6.07. The Bertz CT molecular complexity index is 239. The molecule has 0 spiro atoms. The van der Waals surface area contributed by atoms with Gasteiger partial charge in [0.25, 0.3) is 0 Å². The van der Waals surface area contributed by atoms with Crippen LogP contribution in [0.15, 0.2) is 0 Å². The predicted molar refractivity (Wildman–Crippen MR) is 69.9 cm³/mol. The predicted octanol–water partition coefficient (Wildman–Crippen LogP) is 1.32. The highest BCUT2D eigenvalue weighted by atomic mass is 32.2. The summed E-state index contributed by atoms with van der Waals surface area (Å²) >= 11 is 2.08. The average Bonchev–Trinajstić information content (AvgIpc) is 2.29. The van der Waals surface area contributed by atoms with Gasteiger partial charge in [-0.05, 0) is 19.8 Å². The van der Waals surface area contributed by atoms with Crippen molar-refractivity contribution >= 4 is 11.8 Å². The first kappa shape index (κ1) is 12.7. The molecule has 2 rings (SSSR count). The van der Waals surface area contributed by atoms with Gasteiger partial charge in [-0.25, -0.2) is 0 Å². The molecule has 2 N–H and O–H groups in total. The molecule has 2 aliphatic heterocycles. The normalized spacial score (nSPS) is 42.2. The quantitative estimate of drug-likeness (QED) is 0.795. The van der Waals surface area contributed by atoms with E-state index in [2.05, 4.69) is 30.5 Å². The van der Waals surface area contributed by atoms with Gasteiger partial charge in [-0.2, -0.15) is 11.8 Å². The molecule has 3 atom stereocenters. The first-order chi connectivity index (χ1) is 7.66. The van der Waals surface area contributed by atoms with Gasteiger partial charge in [0.15, 0.2) is 0 Å². The maximum atomic E-state index is 6.07. The van der Waals surface area contributed by atoms with Crippen molar-refractivity contribution in [2.45, 2.75) is 43.6 Å². The van der Waals surface area contributed by atoms with Gasteiger partial charge in [0.1, 0.15) is 0 Å². The van der Waals surface area contributed by atoms with Gasteiger partial charge in [-0.1, -0.05) is 6.92 Å². The summed E-state index contributed by atoms with van der Waals surface area (Å²) in [4.78, 5) is 2.63. The largest absolute Gasteiger partial charge is 0.378 e. The Kier molecular flexibility index (Phi) is 4.16. The highest BCUT2D eigenvalue weighted by Gasteiger charge is 2.40. The van der Waals surface area contributed by atoms with Crippen molar-refractivity contribution in [2.75, 3.05) is 32.0 Å². The lowest BCUT2D eigenvalue weighted by atomic mass is 9.85. The summed E-state index contributed by atoms with van der Waals surface area (Å²) in [5.41, 5.74) is 6.29. The van der Waals surface area contributed by atoms with Crippen LogP contribution in [-0.2, 0) is 4.74 Å². The van der Waals surface area contributed by atoms with E-state index in [1.807, 2.05) is 0 Å². The third-order valence-electron chi connectivity index (χ3n) is 3.93. The molecule has 2 heterocycles. The average molecular weight is 244 g/mol. The number of thioether (sulfide) groups is 1. The van der Waals surface area contributed by atoms with E-state index in [1.165, 1.54) is 18.8 Å². The minimum Gasteiger partial charge on any atom is -0.378 e. The molecule has 0 aromatic heterocycles. The van der Waals surface area contributed by atoms with E-state index in [0.717, 1.165) is 31.2 Å². The summed E-state index contributed by atoms with van der Waals surface area (Å²) < 4.78 is 5.67. The van der Waals surface area contributed by atoms with Gasteiger partial charge in [-0.3, -0.25) is 4.90 Å². The number of nitrogens with zero attached hydrogens (tertiary/aromatic N) is 1. The lowest BCUT2D eigenvalue weighted by Crippen LogP contribution is -2.61. The van der Waals surface area contributed by atoms with E-state index in [1.54, 1.807) is 0 Å². The standard InChI is InChI=1S/C12H24N2OS/c1-10-7-12(9-13,3-5-15-10)14-4-6-16-11(2)8-14/h10-11H,3-9,13H2,1-2H3. The molecule has 16 heavy (non-hydrogen) atoms. The Balaban J connectivity index is 2.07. The van der Waals surface area contributed by atoms with Crippen molar-refractivity contribution in [1.82, 2.24) is 4.90 Å². The fourth-order valence-electron chi connectivity index (χ4n) is 3.00. The van der Waals surface area contributed by atoms with Gasteiger partial charge < -0.3 is 10.5 Å². The summed E-state index contributed by atoms with van der Waals surface area (Å²) in [5, 5.41) is 0.746. The van der Waals surface area contributed by atoms with Crippen molar-refractivity contribution in [3.63, 3.8) is 0 Å². The van der Waals surface area contributed by atoms with E-state index in [-0.39, 0.29) is 5.54 Å². The Morgan fingerprint density at radius 3 is 2.94 bits per heavy atom. The van der Waals surface area contributed by atoms with E-state index in [4.69, 9.17) is 10.5 Å². The Hall–Kier alpha value is 0.230. The summed E-state index contributed by atoms with van der Waals surface area (Å²) in [5.74, 6) is 1.25. The molecule has 0 radical (unpaired) electrons. The number of hydrogen-bond acceptors (Lipinski definition) is 4. The highest BCUT2D eigenvalue weighted by molar-refractivity contribution is 7.99. The molecule has 0 amide bonds. The van der Waals surface area contributed by atoms with Gasteiger partial charge in [0.2, 0.25) is 0 Å². The summed E-state index contributed by atoms with van der Waals surface area (Å²) in [6.45, 7) is 8.53. The van der Waals surface area contributed by atoms with Crippen LogP contribution in [-0.4, -0.2) is 53.8 Å². The van der Waals surface area contributed by atoms with Crippen LogP contribution in [0.5, 0.6) is 0 Å². The number of nitrogens with two attached hydrogens (primary N) is 1. The molecule has 0 aliphatic carbocycles. The third-order valence-corrected chi connectivity index (χ3v) is 5.07. The molecule has 0 aromatic rings. The first-order valence-electron chi connectivity index (χ1n) is 6.34. The molecular weight excluding hydrogens is 220 g/mol. The minimum absolute atomic E-state index is 0.215. The zero-order chi connectivity index (χ0) is 11.6. The van der Waals surface area contributed by atoms with Crippen LogP contribution in [0, 0.1) is 0 Å². The van der Waals surface area contributed by atoms with Crippen LogP contribution in [0.4, 0.5) is 0 Å². The molecule has 0 saturated carbocycles. The maximum Gasteiger partial charge on any atom is 0.0565 e. The van der Waals surface area contributed by atoms with Gasteiger partial charge in [0, 0.05) is 42.8 Å². The van der Waals surface area contributed by atoms with Crippen molar-refractivity contribution < 1.29 is 4.74 Å². The number of ether oxygens (including phenoxy) is 1.